The molecule has 0 aliphatic heterocycles. The van der Waals surface area contributed by atoms with Crippen LogP contribution in [-0.4, -0.2) is 23.8 Å². The molecule has 0 heterocycles. The van der Waals surface area contributed by atoms with Gasteiger partial charge in [-0.05, 0) is 31.0 Å². The fourth-order valence-corrected chi connectivity index (χ4v) is 2.08. The zero-order valence-corrected chi connectivity index (χ0v) is 10.7. The van der Waals surface area contributed by atoms with Gasteiger partial charge in [-0.25, -0.2) is 9.18 Å². The summed E-state index contributed by atoms with van der Waals surface area (Å²) >= 11 is 0. The Kier molecular flexibility index (Phi) is 4.16. The third-order valence-corrected chi connectivity index (χ3v) is 3.09. The van der Waals surface area contributed by atoms with Crippen LogP contribution in [0.3, 0.4) is 0 Å². The number of anilines is 1. The van der Waals surface area contributed by atoms with Gasteiger partial charge in [0.1, 0.15) is 5.82 Å². The lowest BCUT2D eigenvalue weighted by Gasteiger charge is -2.14. The lowest BCUT2D eigenvalue weighted by atomic mass is 10.1. The second kappa shape index (κ2) is 5.84. The van der Waals surface area contributed by atoms with E-state index in [0.29, 0.717) is 6.42 Å². The predicted molar refractivity (Wildman–Crippen MR) is 71.4 cm³/mol. The third kappa shape index (κ3) is 3.54. The third-order valence-electron chi connectivity index (χ3n) is 3.09. The van der Waals surface area contributed by atoms with Crippen LogP contribution in [0.1, 0.15) is 12.0 Å². The van der Waals surface area contributed by atoms with E-state index in [1.54, 1.807) is 12.1 Å². The maximum Gasteiger partial charge on any atom is 0.319 e. The minimum Gasteiger partial charge on any atom is -0.396 e. The normalized spacial score (nSPS) is 21.4. The maximum atomic E-state index is 13.5. The summed E-state index contributed by atoms with van der Waals surface area (Å²) in [5.41, 5.74) is 1.04. The van der Waals surface area contributed by atoms with Crippen molar-refractivity contribution in [3.05, 3.63) is 41.7 Å². The van der Waals surface area contributed by atoms with E-state index in [1.807, 2.05) is 19.1 Å². The summed E-state index contributed by atoms with van der Waals surface area (Å²) in [6, 6.07) is 3.98. The second-order valence-electron chi connectivity index (χ2n) is 4.75. The number of aliphatic hydroxyl groups excluding tert-OH is 1. The van der Waals surface area contributed by atoms with Crippen molar-refractivity contribution in [1.29, 1.82) is 0 Å². The number of hydrogen-bond donors (Lipinski definition) is 3. The topological polar surface area (TPSA) is 61.4 Å². The van der Waals surface area contributed by atoms with Crippen molar-refractivity contribution in [3.8, 4) is 0 Å². The zero-order valence-electron chi connectivity index (χ0n) is 10.7. The van der Waals surface area contributed by atoms with Crippen molar-refractivity contribution in [2.45, 2.75) is 19.4 Å². The van der Waals surface area contributed by atoms with Crippen LogP contribution in [-0.2, 0) is 0 Å². The standard InChI is InChI=1S/C14H17FN2O2/c1-9-2-5-12(15)13(6-9)17-14(19)16-11-4-3-10(7-11)8-18/h2-6,10-11,18H,7-8H2,1H3,(H2,16,17,19)/t10-,11+/m0/s1. The molecule has 0 bridgehead atoms. The second-order valence-corrected chi connectivity index (χ2v) is 4.75. The van der Waals surface area contributed by atoms with E-state index in [0.717, 1.165) is 5.56 Å². The maximum absolute atomic E-state index is 13.5. The molecule has 2 amide bonds. The van der Waals surface area contributed by atoms with Gasteiger partial charge in [-0.2, -0.15) is 0 Å². The van der Waals surface area contributed by atoms with Gasteiger partial charge in [0, 0.05) is 18.6 Å². The number of carbonyl (C=O) groups is 1. The predicted octanol–water partition coefficient (Wildman–Crippen LogP) is 2.19. The van der Waals surface area contributed by atoms with Gasteiger partial charge < -0.3 is 15.7 Å². The molecule has 1 aromatic rings. The molecule has 0 radical (unpaired) electrons. The van der Waals surface area contributed by atoms with Crippen LogP contribution in [0.25, 0.3) is 0 Å². The quantitative estimate of drug-likeness (QED) is 0.733. The van der Waals surface area contributed by atoms with Crippen LogP contribution in [0.2, 0.25) is 0 Å². The SMILES string of the molecule is Cc1ccc(F)c(NC(=O)N[C@@H]2C=C[C@H](CO)C2)c1. The highest BCUT2D eigenvalue weighted by molar-refractivity contribution is 5.89. The highest BCUT2D eigenvalue weighted by atomic mass is 19.1. The lowest BCUT2D eigenvalue weighted by Crippen LogP contribution is -2.36. The first-order chi connectivity index (χ1) is 9.08. The zero-order chi connectivity index (χ0) is 13.8. The number of hydrogen-bond acceptors (Lipinski definition) is 2. The molecule has 3 N–H and O–H groups in total. The van der Waals surface area contributed by atoms with Crippen molar-refractivity contribution in [3.63, 3.8) is 0 Å². The van der Waals surface area contributed by atoms with E-state index in [-0.39, 0.29) is 24.3 Å². The summed E-state index contributed by atoms with van der Waals surface area (Å²) in [5, 5.41) is 14.2. The number of benzene rings is 1. The fourth-order valence-electron chi connectivity index (χ4n) is 2.08. The number of halogens is 1. The molecule has 1 aliphatic rings. The van der Waals surface area contributed by atoms with Crippen molar-refractivity contribution in [2.24, 2.45) is 5.92 Å². The van der Waals surface area contributed by atoms with Crippen LogP contribution in [0.5, 0.6) is 0 Å². The van der Waals surface area contributed by atoms with E-state index in [4.69, 9.17) is 5.11 Å². The first kappa shape index (κ1) is 13.5. The summed E-state index contributed by atoms with van der Waals surface area (Å²) in [5.74, 6) is -0.378. The van der Waals surface area contributed by atoms with Gasteiger partial charge >= 0.3 is 6.03 Å². The Morgan fingerprint density at radius 3 is 2.95 bits per heavy atom. The van der Waals surface area contributed by atoms with E-state index in [2.05, 4.69) is 10.6 Å². The highest BCUT2D eigenvalue weighted by Gasteiger charge is 2.20. The molecular formula is C14H17FN2O2. The van der Waals surface area contributed by atoms with Gasteiger partial charge in [0.25, 0.3) is 0 Å². The van der Waals surface area contributed by atoms with Gasteiger partial charge in [-0.15, -0.1) is 0 Å². The lowest BCUT2D eigenvalue weighted by molar-refractivity contribution is 0.238. The van der Waals surface area contributed by atoms with Gasteiger partial charge in [0.15, 0.2) is 0 Å². The number of aliphatic hydroxyl groups is 1. The number of amides is 2. The Morgan fingerprint density at radius 2 is 2.26 bits per heavy atom. The monoisotopic (exact) mass is 264 g/mol. The number of nitrogens with one attached hydrogen (secondary N) is 2. The molecule has 0 fully saturated rings. The average Bonchev–Trinajstić information content (AvgIpc) is 2.81. The molecule has 4 nitrogen and oxygen atoms in total. The molecule has 2 rings (SSSR count). The van der Waals surface area contributed by atoms with Crippen LogP contribution < -0.4 is 10.6 Å². The fraction of sp³-hybridized carbons (Fsp3) is 0.357. The molecule has 2 atom stereocenters. The smallest absolute Gasteiger partial charge is 0.319 e. The van der Waals surface area contributed by atoms with Crippen molar-refractivity contribution < 1.29 is 14.3 Å². The molecular weight excluding hydrogens is 247 g/mol. The molecule has 102 valence electrons. The minimum absolute atomic E-state index is 0.0722. The molecule has 1 aliphatic carbocycles. The molecule has 1 aromatic carbocycles. The summed E-state index contributed by atoms with van der Waals surface area (Å²) in [4.78, 5) is 11.7. The molecule has 19 heavy (non-hydrogen) atoms. The Hall–Kier alpha value is -1.88. The van der Waals surface area contributed by atoms with Crippen LogP contribution in [0.15, 0.2) is 30.4 Å². The van der Waals surface area contributed by atoms with Crippen molar-refractivity contribution >= 4 is 11.7 Å². The van der Waals surface area contributed by atoms with Gasteiger partial charge in [0.2, 0.25) is 0 Å². The van der Waals surface area contributed by atoms with Gasteiger partial charge in [-0.1, -0.05) is 18.2 Å². The summed E-state index contributed by atoms with van der Waals surface area (Å²) < 4.78 is 13.5. The first-order valence-corrected chi connectivity index (χ1v) is 6.21. The van der Waals surface area contributed by atoms with Crippen molar-refractivity contribution in [2.75, 3.05) is 11.9 Å². The highest BCUT2D eigenvalue weighted by Crippen LogP contribution is 2.18. The molecule has 0 saturated carbocycles. The van der Waals surface area contributed by atoms with Crippen molar-refractivity contribution in [1.82, 2.24) is 5.32 Å². The number of carbonyl (C=O) groups excluding carboxylic acids is 1. The minimum atomic E-state index is -0.462. The molecule has 0 unspecified atom stereocenters. The molecule has 0 aromatic heterocycles. The van der Waals surface area contributed by atoms with Gasteiger partial charge in [-0.3, -0.25) is 0 Å². The number of rotatable bonds is 3. The van der Waals surface area contributed by atoms with Gasteiger partial charge in [0.05, 0.1) is 5.69 Å². The Balaban J connectivity index is 1.91. The summed E-state index contributed by atoms with van der Waals surface area (Å²) in [7, 11) is 0. The first-order valence-electron chi connectivity index (χ1n) is 6.21. The number of urea groups is 1. The van der Waals surface area contributed by atoms with E-state index >= 15 is 0 Å². The van der Waals surface area contributed by atoms with Crippen LogP contribution in [0, 0.1) is 18.7 Å². The molecule has 0 spiro atoms. The van der Waals surface area contributed by atoms with Crippen LogP contribution >= 0.6 is 0 Å². The van der Waals surface area contributed by atoms with E-state index in [9.17, 15) is 9.18 Å². The van der Waals surface area contributed by atoms with E-state index in [1.165, 1.54) is 6.07 Å². The van der Waals surface area contributed by atoms with E-state index < -0.39 is 11.8 Å². The molecule has 5 heteroatoms. The number of aryl methyl sites for hydroxylation is 1. The van der Waals surface area contributed by atoms with Crippen LogP contribution in [0.4, 0.5) is 14.9 Å². The largest absolute Gasteiger partial charge is 0.396 e. The summed E-state index contributed by atoms with van der Waals surface area (Å²) in [6.45, 7) is 1.90. The average molecular weight is 264 g/mol. The molecule has 0 saturated heterocycles. The Morgan fingerprint density at radius 1 is 1.47 bits per heavy atom. The Bertz CT molecular complexity index is 502. The Labute approximate surface area is 111 Å². The summed E-state index contributed by atoms with van der Waals surface area (Å²) in [6.07, 6.45) is 4.38.